The van der Waals surface area contributed by atoms with Crippen molar-refractivity contribution < 1.29 is 17.0 Å². The second-order valence-corrected chi connectivity index (χ2v) is 9.36. The van der Waals surface area contributed by atoms with Crippen LogP contribution in [-0.2, 0) is 10.1 Å². The largest absolute Gasteiger partial charge is 0.379 e. The van der Waals surface area contributed by atoms with E-state index in [1.807, 2.05) is 35.7 Å². The third-order valence-electron chi connectivity index (χ3n) is 3.40. The van der Waals surface area contributed by atoms with Gasteiger partial charge < -0.3 is 4.18 Å². The first kappa shape index (κ1) is 16.7. The van der Waals surface area contributed by atoms with E-state index in [0.717, 1.165) is 23.1 Å². The zero-order chi connectivity index (χ0) is 16.4. The molecule has 0 bridgehead atoms. The lowest BCUT2D eigenvalue weighted by Crippen LogP contribution is -2.10. The van der Waals surface area contributed by atoms with E-state index in [0.29, 0.717) is 4.58 Å². The van der Waals surface area contributed by atoms with Gasteiger partial charge in [-0.1, -0.05) is 12.1 Å². The molecule has 0 saturated carbocycles. The van der Waals surface area contributed by atoms with Gasteiger partial charge in [-0.15, -0.1) is 23.5 Å². The Morgan fingerprint density at radius 3 is 2.35 bits per heavy atom. The van der Waals surface area contributed by atoms with Gasteiger partial charge in [0.15, 0.2) is 0 Å². The third kappa shape index (κ3) is 3.84. The van der Waals surface area contributed by atoms with Crippen molar-refractivity contribution in [3.05, 3.63) is 59.4 Å². The molecule has 23 heavy (non-hydrogen) atoms. The van der Waals surface area contributed by atoms with Gasteiger partial charge >= 0.3 is 10.1 Å². The zero-order valence-electron chi connectivity index (χ0n) is 12.4. The number of halogens is 1. The Morgan fingerprint density at radius 2 is 1.74 bits per heavy atom. The predicted octanol–water partition coefficient (Wildman–Crippen LogP) is 4.38. The molecule has 0 aliphatic carbocycles. The van der Waals surface area contributed by atoms with E-state index in [4.69, 9.17) is 4.18 Å². The Hall–Kier alpha value is -1.18. The lowest BCUT2D eigenvalue weighted by Gasteiger charge is -2.11. The average molecular weight is 370 g/mol. The van der Waals surface area contributed by atoms with Crippen LogP contribution >= 0.6 is 23.5 Å². The second kappa shape index (κ2) is 6.75. The maximum Gasteiger partial charge on any atom is 0.339 e. The fourth-order valence-electron chi connectivity index (χ4n) is 2.18. The monoisotopic (exact) mass is 370 g/mol. The van der Waals surface area contributed by atoms with E-state index in [1.54, 1.807) is 12.1 Å². The van der Waals surface area contributed by atoms with Crippen LogP contribution in [0.5, 0.6) is 5.75 Å². The van der Waals surface area contributed by atoms with E-state index in [9.17, 15) is 12.8 Å². The summed E-state index contributed by atoms with van der Waals surface area (Å²) in [5.74, 6) is 2.07. The van der Waals surface area contributed by atoms with Crippen molar-refractivity contribution in [2.75, 3.05) is 11.5 Å². The molecule has 0 spiro atoms. The fourth-order valence-corrected chi connectivity index (χ4v) is 6.05. The SMILES string of the molecule is Cc1cc(S(=O)(=O)Oc2ccc(C3SCCS3)cc2)ccc1F. The zero-order valence-corrected chi connectivity index (χ0v) is 14.8. The van der Waals surface area contributed by atoms with Gasteiger partial charge in [0, 0.05) is 11.5 Å². The third-order valence-corrected chi connectivity index (χ3v) is 7.75. The summed E-state index contributed by atoms with van der Waals surface area (Å²) in [6.07, 6.45) is 0. The van der Waals surface area contributed by atoms with Gasteiger partial charge in [-0.05, 0) is 48.4 Å². The van der Waals surface area contributed by atoms with Crippen molar-refractivity contribution in [2.45, 2.75) is 16.4 Å². The number of hydrogen-bond donors (Lipinski definition) is 0. The van der Waals surface area contributed by atoms with Gasteiger partial charge in [-0.2, -0.15) is 8.42 Å². The molecule has 0 aromatic heterocycles. The van der Waals surface area contributed by atoms with E-state index in [2.05, 4.69) is 0 Å². The first-order valence-electron chi connectivity index (χ1n) is 6.99. The van der Waals surface area contributed by atoms with Gasteiger partial charge in [0.05, 0.1) is 4.58 Å². The van der Waals surface area contributed by atoms with Crippen molar-refractivity contribution in [2.24, 2.45) is 0 Å². The summed E-state index contributed by atoms with van der Waals surface area (Å²) in [7, 11) is -3.96. The smallest absolute Gasteiger partial charge is 0.339 e. The molecule has 0 atom stereocenters. The van der Waals surface area contributed by atoms with E-state index in [1.165, 1.54) is 19.1 Å². The fraction of sp³-hybridized carbons (Fsp3) is 0.250. The molecule has 0 radical (unpaired) electrons. The Morgan fingerprint density at radius 1 is 1.09 bits per heavy atom. The van der Waals surface area contributed by atoms with E-state index in [-0.39, 0.29) is 16.2 Å². The summed E-state index contributed by atoms with van der Waals surface area (Å²) in [6, 6.07) is 10.7. The Kier molecular flexibility index (Phi) is 4.89. The molecular formula is C16H15FO3S3. The number of rotatable bonds is 4. The topological polar surface area (TPSA) is 43.4 Å². The molecule has 1 heterocycles. The van der Waals surface area contributed by atoms with Crippen LogP contribution in [-0.4, -0.2) is 19.9 Å². The first-order chi connectivity index (χ1) is 11.0. The normalized spacial score (nSPS) is 15.7. The number of hydrogen-bond acceptors (Lipinski definition) is 5. The quantitative estimate of drug-likeness (QED) is 0.747. The number of benzene rings is 2. The Balaban J connectivity index is 1.78. The van der Waals surface area contributed by atoms with Crippen molar-refractivity contribution in [3.8, 4) is 5.75 Å². The molecular weight excluding hydrogens is 355 g/mol. The molecule has 1 aliphatic heterocycles. The summed E-state index contributed by atoms with van der Waals surface area (Å²) in [5, 5.41) is 0. The molecule has 7 heteroatoms. The Labute approximate surface area is 143 Å². The molecule has 1 saturated heterocycles. The van der Waals surface area contributed by atoms with Crippen molar-refractivity contribution >= 4 is 33.6 Å². The van der Waals surface area contributed by atoms with E-state index >= 15 is 0 Å². The van der Waals surface area contributed by atoms with Crippen LogP contribution in [0.2, 0.25) is 0 Å². The molecule has 122 valence electrons. The van der Waals surface area contributed by atoms with E-state index < -0.39 is 15.9 Å². The van der Waals surface area contributed by atoms with Gasteiger partial charge in [0.2, 0.25) is 0 Å². The first-order valence-corrected chi connectivity index (χ1v) is 10.5. The minimum atomic E-state index is -3.96. The van der Waals surface area contributed by atoms with Crippen LogP contribution in [0, 0.1) is 12.7 Å². The van der Waals surface area contributed by atoms with Crippen molar-refractivity contribution in [1.82, 2.24) is 0 Å². The number of thioether (sulfide) groups is 2. The van der Waals surface area contributed by atoms with Crippen LogP contribution in [0.15, 0.2) is 47.4 Å². The molecule has 3 nitrogen and oxygen atoms in total. The molecule has 3 rings (SSSR count). The van der Waals surface area contributed by atoms with Crippen molar-refractivity contribution in [1.29, 1.82) is 0 Å². The lowest BCUT2D eigenvalue weighted by molar-refractivity contribution is 0.485. The summed E-state index contributed by atoms with van der Waals surface area (Å²) < 4.78 is 43.3. The standard InChI is InChI=1S/C16H15FO3S3/c1-11-10-14(6-7-15(11)17)23(18,19)20-13-4-2-12(3-5-13)16-21-8-9-22-16/h2-7,10,16H,8-9H2,1H3. The minimum absolute atomic E-state index is 0.0534. The lowest BCUT2D eigenvalue weighted by atomic mass is 10.2. The maximum absolute atomic E-state index is 13.3. The highest BCUT2D eigenvalue weighted by atomic mass is 32.2. The maximum atomic E-state index is 13.3. The molecule has 0 unspecified atom stereocenters. The molecule has 2 aromatic rings. The highest BCUT2D eigenvalue weighted by molar-refractivity contribution is 8.19. The highest BCUT2D eigenvalue weighted by Gasteiger charge is 2.20. The van der Waals surface area contributed by atoms with Gasteiger partial charge in [-0.3, -0.25) is 0 Å². The average Bonchev–Trinajstić information content (AvgIpc) is 3.04. The summed E-state index contributed by atoms with van der Waals surface area (Å²) >= 11 is 3.77. The van der Waals surface area contributed by atoms with Gasteiger partial charge in [0.25, 0.3) is 0 Å². The molecule has 2 aromatic carbocycles. The van der Waals surface area contributed by atoms with Gasteiger partial charge in [-0.25, -0.2) is 4.39 Å². The molecule has 1 aliphatic rings. The summed E-state index contributed by atoms with van der Waals surface area (Å²) in [4.78, 5) is -0.0534. The van der Waals surface area contributed by atoms with Crippen LogP contribution in [0.4, 0.5) is 4.39 Å². The molecule has 0 amide bonds. The van der Waals surface area contributed by atoms with Crippen molar-refractivity contribution in [3.63, 3.8) is 0 Å². The van der Waals surface area contributed by atoms with Crippen LogP contribution < -0.4 is 4.18 Å². The summed E-state index contributed by atoms with van der Waals surface area (Å²) in [5.41, 5.74) is 1.42. The van der Waals surface area contributed by atoms with Crippen LogP contribution in [0.3, 0.4) is 0 Å². The minimum Gasteiger partial charge on any atom is -0.379 e. The predicted molar refractivity (Wildman–Crippen MR) is 93.0 cm³/mol. The second-order valence-electron chi connectivity index (χ2n) is 5.09. The Bertz CT molecular complexity index is 798. The van der Waals surface area contributed by atoms with Crippen LogP contribution in [0.25, 0.3) is 0 Å². The highest BCUT2D eigenvalue weighted by Crippen LogP contribution is 2.45. The summed E-state index contributed by atoms with van der Waals surface area (Å²) in [6.45, 7) is 1.51. The molecule has 1 fully saturated rings. The van der Waals surface area contributed by atoms with Gasteiger partial charge in [0.1, 0.15) is 16.5 Å². The van der Waals surface area contributed by atoms with Crippen LogP contribution in [0.1, 0.15) is 15.7 Å². The molecule has 0 N–H and O–H groups in total. The number of aryl methyl sites for hydroxylation is 1.